The number of anilines is 1. The van der Waals surface area contributed by atoms with Gasteiger partial charge in [-0.1, -0.05) is 24.3 Å². The smallest absolute Gasteiger partial charge is 0.338 e. The van der Waals surface area contributed by atoms with Crippen molar-refractivity contribution in [2.45, 2.75) is 32.4 Å². The number of rotatable bonds is 4. The van der Waals surface area contributed by atoms with Gasteiger partial charge in [-0.15, -0.1) is 0 Å². The Morgan fingerprint density at radius 2 is 1.79 bits per heavy atom. The molecule has 1 fully saturated rings. The summed E-state index contributed by atoms with van der Waals surface area (Å²) in [5.74, 6) is -0.830. The average Bonchev–Trinajstić information content (AvgIpc) is 3.02. The minimum atomic E-state index is -0.439. The van der Waals surface area contributed by atoms with Gasteiger partial charge in [0.05, 0.1) is 30.3 Å². The minimum absolute atomic E-state index is 0.181. The number of fused-ring (bicyclic) bond motifs is 1. The molecule has 0 bridgehead atoms. The topological polar surface area (TPSA) is 66.9 Å². The number of amides is 2. The molecule has 0 saturated carbocycles. The first-order valence-corrected chi connectivity index (χ1v) is 9.53. The molecule has 0 spiro atoms. The van der Waals surface area contributed by atoms with Crippen LogP contribution in [0.2, 0.25) is 0 Å². The van der Waals surface area contributed by atoms with Crippen LogP contribution in [-0.2, 0) is 27.3 Å². The predicted octanol–water partition coefficient (Wildman–Crippen LogP) is 2.55. The second kappa shape index (κ2) is 7.56. The van der Waals surface area contributed by atoms with Crippen LogP contribution in [0.25, 0.3) is 0 Å². The molecular formula is C22H22N2O4. The van der Waals surface area contributed by atoms with Gasteiger partial charge in [0.25, 0.3) is 5.91 Å². The van der Waals surface area contributed by atoms with Gasteiger partial charge in [0.1, 0.15) is 0 Å². The maximum atomic E-state index is 13.0. The van der Waals surface area contributed by atoms with Crippen LogP contribution >= 0.6 is 0 Å². The Balaban J connectivity index is 1.51. The van der Waals surface area contributed by atoms with E-state index >= 15 is 0 Å². The van der Waals surface area contributed by atoms with Gasteiger partial charge in [0.2, 0.25) is 5.91 Å². The fraction of sp³-hybridized carbons (Fsp3) is 0.318. The van der Waals surface area contributed by atoms with Crippen molar-refractivity contribution in [1.29, 1.82) is 0 Å². The summed E-state index contributed by atoms with van der Waals surface area (Å²) in [7, 11) is 0. The van der Waals surface area contributed by atoms with Crippen molar-refractivity contribution in [3.05, 3.63) is 65.2 Å². The lowest BCUT2D eigenvalue weighted by Crippen LogP contribution is -2.44. The van der Waals surface area contributed by atoms with Crippen LogP contribution in [-0.4, -0.2) is 41.9 Å². The molecule has 1 saturated heterocycles. The molecule has 2 amide bonds. The van der Waals surface area contributed by atoms with Crippen LogP contribution in [0, 0.1) is 0 Å². The van der Waals surface area contributed by atoms with E-state index in [1.54, 1.807) is 31.2 Å². The summed E-state index contributed by atoms with van der Waals surface area (Å²) >= 11 is 0. The third-order valence-corrected chi connectivity index (χ3v) is 5.36. The highest BCUT2D eigenvalue weighted by Gasteiger charge is 2.43. The lowest BCUT2D eigenvalue weighted by Gasteiger charge is -2.32. The lowest BCUT2D eigenvalue weighted by atomic mass is 9.98. The summed E-state index contributed by atoms with van der Waals surface area (Å²) in [6.07, 6.45) is 1.06. The Kier molecular flexibility index (Phi) is 4.96. The summed E-state index contributed by atoms with van der Waals surface area (Å²) < 4.78 is 4.97. The zero-order chi connectivity index (χ0) is 19.7. The number of nitrogens with zero attached hydrogens (tertiary/aromatic N) is 2. The molecule has 0 unspecified atom stereocenters. The highest BCUT2D eigenvalue weighted by Crippen LogP contribution is 2.29. The van der Waals surface area contributed by atoms with Gasteiger partial charge in [-0.2, -0.15) is 0 Å². The first-order valence-electron chi connectivity index (χ1n) is 9.53. The van der Waals surface area contributed by atoms with E-state index in [2.05, 4.69) is 17.0 Å². The van der Waals surface area contributed by atoms with E-state index < -0.39 is 12.0 Å². The number of imide groups is 1. The molecular weight excluding hydrogens is 356 g/mol. The number of hydrogen-bond donors (Lipinski definition) is 0. The van der Waals surface area contributed by atoms with Gasteiger partial charge in [0.15, 0.2) is 0 Å². The van der Waals surface area contributed by atoms with Crippen LogP contribution in [0.3, 0.4) is 0 Å². The van der Waals surface area contributed by atoms with Crippen molar-refractivity contribution in [3.8, 4) is 0 Å². The Bertz CT molecular complexity index is 922. The molecule has 2 aromatic rings. The second-order valence-electron chi connectivity index (χ2n) is 7.04. The molecule has 2 aliphatic heterocycles. The van der Waals surface area contributed by atoms with Crippen molar-refractivity contribution in [1.82, 2.24) is 4.90 Å². The summed E-state index contributed by atoms with van der Waals surface area (Å²) in [4.78, 5) is 40.7. The largest absolute Gasteiger partial charge is 0.462 e. The summed E-state index contributed by atoms with van der Waals surface area (Å²) in [6.45, 7) is 3.48. The molecule has 6 heteroatoms. The number of benzene rings is 2. The molecule has 6 nitrogen and oxygen atoms in total. The normalized spacial score (nSPS) is 19.6. The zero-order valence-electron chi connectivity index (χ0n) is 15.8. The Labute approximate surface area is 163 Å². The molecule has 0 radical (unpaired) electrons. The first-order chi connectivity index (χ1) is 13.6. The molecule has 0 aromatic heterocycles. The molecule has 144 valence electrons. The highest BCUT2D eigenvalue weighted by molar-refractivity contribution is 6.22. The van der Waals surface area contributed by atoms with Gasteiger partial charge in [-0.05, 0) is 48.7 Å². The van der Waals surface area contributed by atoms with Crippen molar-refractivity contribution in [3.63, 3.8) is 0 Å². The van der Waals surface area contributed by atoms with Gasteiger partial charge >= 0.3 is 5.97 Å². The van der Waals surface area contributed by atoms with Gasteiger partial charge in [-0.25, -0.2) is 9.69 Å². The fourth-order valence-corrected chi connectivity index (χ4v) is 3.92. The number of carbonyl (C=O) groups is 3. The van der Waals surface area contributed by atoms with Crippen molar-refractivity contribution in [2.24, 2.45) is 0 Å². The predicted molar refractivity (Wildman–Crippen MR) is 104 cm³/mol. The molecule has 0 N–H and O–H groups in total. The van der Waals surface area contributed by atoms with E-state index in [9.17, 15) is 14.4 Å². The molecule has 2 aliphatic rings. The second-order valence-corrected chi connectivity index (χ2v) is 7.04. The quantitative estimate of drug-likeness (QED) is 0.604. The summed E-state index contributed by atoms with van der Waals surface area (Å²) in [6, 6.07) is 14.2. The maximum Gasteiger partial charge on any atom is 0.338 e. The third-order valence-electron chi connectivity index (χ3n) is 5.36. The SMILES string of the molecule is CCOC(=O)c1ccc(N2C(=O)C[C@H](N3CCc4ccccc4C3)C2=O)cc1. The van der Waals surface area contributed by atoms with Gasteiger partial charge < -0.3 is 4.74 Å². The molecule has 28 heavy (non-hydrogen) atoms. The fourth-order valence-electron chi connectivity index (χ4n) is 3.92. The molecule has 2 aromatic carbocycles. The number of hydrogen-bond acceptors (Lipinski definition) is 5. The van der Waals surface area contributed by atoms with Crippen LogP contribution in [0.4, 0.5) is 5.69 Å². The van der Waals surface area contributed by atoms with E-state index in [4.69, 9.17) is 4.74 Å². The van der Waals surface area contributed by atoms with E-state index in [1.165, 1.54) is 16.0 Å². The Morgan fingerprint density at radius 1 is 1.07 bits per heavy atom. The van der Waals surface area contributed by atoms with Gasteiger partial charge in [0, 0.05) is 13.1 Å². The van der Waals surface area contributed by atoms with E-state index in [0.29, 0.717) is 24.4 Å². The van der Waals surface area contributed by atoms with Crippen molar-refractivity contribution < 1.29 is 19.1 Å². The molecule has 1 atom stereocenters. The highest BCUT2D eigenvalue weighted by atomic mass is 16.5. The lowest BCUT2D eigenvalue weighted by molar-refractivity contribution is -0.123. The summed E-state index contributed by atoms with van der Waals surface area (Å²) in [5, 5.41) is 0. The standard InChI is InChI=1S/C22H22N2O4/c1-2-28-22(27)16-7-9-18(10-8-16)24-20(25)13-19(21(24)26)23-12-11-15-5-3-4-6-17(15)14-23/h3-10,19H,2,11-14H2,1H3/t19-/m0/s1. The Hall–Kier alpha value is -2.99. The number of esters is 1. The molecule has 0 aliphatic carbocycles. The minimum Gasteiger partial charge on any atom is -0.462 e. The number of carbonyl (C=O) groups excluding carboxylic acids is 3. The average molecular weight is 378 g/mol. The van der Waals surface area contributed by atoms with Crippen LogP contribution in [0.15, 0.2) is 48.5 Å². The van der Waals surface area contributed by atoms with E-state index in [1.807, 2.05) is 12.1 Å². The monoisotopic (exact) mass is 378 g/mol. The van der Waals surface area contributed by atoms with Crippen LogP contribution in [0.1, 0.15) is 34.8 Å². The van der Waals surface area contributed by atoms with Crippen LogP contribution in [0.5, 0.6) is 0 Å². The van der Waals surface area contributed by atoms with Crippen molar-refractivity contribution >= 4 is 23.5 Å². The Morgan fingerprint density at radius 3 is 2.50 bits per heavy atom. The first kappa shape index (κ1) is 18.4. The zero-order valence-corrected chi connectivity index (χ0v) is 15.8. The molecule has 2 heterocycles. The van der Waals surface area contributed by atoms with E-state index in [0.717, 1.165) is 13.0 Å². The van der Waals surface area contributed by atoms with Crippen molar-refractivity contribution in [2.75, 3.05) is 18.1 Å². The number of ether oxygens (including phenoxy) is 1. The van der Waals surface area contributed by atoms with Crippen LogP contribution < -0.4 is 4.90 Å². The van der Waals surface area contributed by atoms with Gasteiger partial charge in [-0.3, -0.25) is 14.5 Å². The van der Waals surface area contributed by atoms with E-state index in [-0.39, 0.29) is 18.2 Å². The third kappa shape index (κ3) is 3.31. The summed E-state index contributed by atoms with van der Waals surface area (Å²) in [5.41, 5.74) is 3.41. The maximum absolute atomic E-state index is 13.0. The molecule has 4 rings (SSSR count).